The van der Waals surface area contributed by atoms with Crippen LogP contribution in [-0.2, 0) is 0 Å². The zero-order valence-electron chi connectivity index (χ0n) is 9.98. The van der Waals surface area contributed by atoms with Crippen molar-refractivity contribution in [1.29, 1.82) is 0 Å². The van der Waals surface area contributed by atoms with Gasteiger partial charge < -0.3 is 9.67 Å². The fourth-order valence-electron chi connectivity index (χ4n) is 1.90. The molecule has 94 valence electrons. The first kappa shape index (κ1) is 12.6. The Morgan fingerprint density at radius 2 is 2.06 bits per heavy atom. The van der Waals surface area contributed by atoms with E-state index in [0.717, 1.165) is 0 Å². The summed E-state index contributed by atoms with van der Waals surface area (Å²) in [4.78, 5) is 23.1. The van der Waals surface area contributed by atoms with E-state index in [4.69, 9.17) is 16.7 Å². The fourth-order valence-corrected chi connectivity index (χ4v) is 2.07. The van der Waals surface area contributed by atoms with Crippen molar-refractivity contribution < 1.29 is 9.90 Å². The van der Waals surface area contributed by atoms with E-state index in [0.29, 0.717) is 15.9 Å². The maximum atomic E-state index is 12.0. The summed E-state index contributed by atoms with van der Waals surface area (Å²) < 4.78 is 1.74. The van der Waals surface area contributed by atoms with Gasteiger partial charge in [0.15, 0.2) is 0 Å². The average Bonchev–Trinajstić information content (AvgIpc) is 2.28. The molecule has 0 aliphatic rings. The molecule has 1 heterocycles. The summed E-state index contributed by atoms with van der Waals surface area (Å²) in [6.07, 6.45) is 1.37. The molecule has 1 aromatic heterocycles. The van der Waals surface area contributed by atoms with Crippen LogP contribution in [0.5, 0.6) is 0 Å². The molecule has 18 heavy (non-hydrogen) atoms. The number of aromatic carboxylic acids is 1. The molecule has 0 fully saturated rings. The number of hydrogen-bond donors (Lipinski definition) is 1. The van der Waals surface area contributed by atoms with E-state index in [2.05, 4.69) is 0 Å². The van der Waals surface area contributed by atoms with Crippen molar-refractivity contribution in [2.45, 2.75) is 19.9 Å². The maximum absolute atomic E-state index is 12.0. The molecule has 2 aromatic rings. The molecule has 4 nitrogen and oxygen atoms in total. The first-order valence-electron chi connectivity index (χ1n) is 5.49. The Hall–Kier alpha value is -1.81. The molecule has 0 spiro atoms. The lowest BCUT2D eigenvalue weighted by Gasteiger charge is -2.15. The van der Waals surface area contributed by atoms with Crippen molar-refractivity contribution in [2.75, 3.05) is 0 Å². The highest BCUT2D eigenvalue weighted by molar-refractivity contribution is 6.31. The number of nitrogens with zero attached hydrogens (tertiary/aromatic N) is 1. The topological polar surface area (TPSA) is 59.3 Å². The third-order valence-corrected chi connectivity index (χ3v) is 3.02. The largest absolute Gasteiger partial charge is 0.477 e. The summed E-state index contributed by atoms with van der Waals surface area (Å²) in [5, 5.41) is 9.93. The van der Waals surface area contributed by atoms with Crippen LogP contribution in [0.25, 0.3) is 10.9 Å². The van der Waals surface area contributed by atoms with Gasteiger partial charge in [-0.3, -0.25) is 4.79 Å². The molecule has 0 amide bonds. The van der Waals surface area contributed by atoms with Gasteiger partial charge in [0.1, 0.15) is 5.56 Å². The Kier molecular flexibility index (Phi) is 3.13. The Bertz CT molecular complexity index is 688. The standard InChI is InChI=1S/C13H12ClNO3/c1-7(2)15-6-10(13(17)18)12(16)9-4-3-8(14)5-11(9)15/h3-7H,1-2H3,(H,17,18). The molecule has 1 N–H and O–H groups in total. The van der Waals surface area contributed by atoms with E-state index >= 15 is 0 Å². The van der Waals surface area contributed by atoms with Gasteiger partial charge in [0.05, 0.1) is 5.52 Å². The van der Waals surface area contributed by atoms with Crippen molar-refractivity contribution in [3.05, 3.63) is 45.2 Å². The summed E-state index contributed by atoms with van der Waals surface area (Å²) >= 11 is 5.92. The van der Waals surface area contributed by atoms with E-state index < -0.39 is 11.4 Å². The number of hydrogen-bond acceptors (Lipinski definition) is 2. The number of carboxylic acid groups (broad SMARTS) is 1. The van der Waals surface area contributed by atoms with Gasteiger partial charge in [-0.05, 0) is 32.0 Å². The lowest BCUT2D eigenvalue weighted by Crippen LogP contribution is -2.19. The highest BCUT2D eigenvalue weighted by Gasteiger charge is 2.15. The molecule has 1 aromatic carbocycles. The molecule has 0 bridgehead atoms. The van der Waals surface area contributed by atoms with Crippen LogP contribution in [0.15, 0.2) is 29.2 Å². The number of carboxylic acids is 1. The zero-order chi connectivity index (χ0) is 13.4. The van der Waals surface area contributed by atoms with Crippen LogP contribution < -0.4 is 5.43 Å². The highest BCUT2D eigenvalue weighted by atomic mass is 35.5. The number of pyridine rings is 1. The molecular formula is C13H12ClNO3. The Morgan fingerprint density at radius 3 is 2.61 bits per heavy atom. The van der Waals surface area contributed by atoms with Crippen LogP contribution in [0, 0.1) is 0 Å². The number of benzene rings is 1. The second-order valence-corrected chi connectivity index (χ2v) is 4.78. The molecule has 0 saturated carbocycles. The summed E-state index contributed by atoms with van der Waals surface area (Å²) in [5.74, 6) is -1.22. The lowest BCUT2D eigenvalue weighted by molar-refractivity contribution is 0.0695. The first-order valence-corrected chi connectivity index (χ1v) is 5.87. The monoisotopic (exact) mass is 265 g/mol. The van der Waals surface area contributed by atoms with Gasteiger partial charge >= 0.3 is 5.97 Å². The van der Waals surface area contributed by atoms with E-state index in [9.17, 15) is 9.59 Å². The Balaban J connectivity index is 2.97. The average molecular weight is 266 g/mol. The van der Waals surface area contributed by atoms with Crippen LogP contribution in [0.4, 0.5) is 0 Å². The third kappa shape index (κ3) is 1.99. The number of aromatic nitrogens is 1. The van der Waals surface area contributed by atoms with E-state index in [1.54, 1.807) is 22.8 Å². The second kappa shape index (κ2) is 4.46. The Morgan fingerprint density at radius 1 is 1.39 bits per heavy atom. The van der Waals surface area contributed by atoms with Crippen LogP contribution in [0.1, 0.15) is 30.2 Å². The van der Waals surface area contributed by atoms with Gasteiger partial charge in [0.2, 0.25) is 5.43 Å². The van der Waals surface area contributed by atoms with Crippen molar-refractivity contribution in [3.63, 3.8) is 0 Å². The van der Waals surface area contributed by atoms with Crippen molar-refractivity contribution in [3.8, 4) is 0 Å². The normalized spacial score (nSPS) is 11.1. The minimum Gasteiger partial charge on any atom is -0.477 e. The minimum atomic E-state index is -1.22. The zero-order valence-corrected chi connectivity index (χ0v) is 10.7. The predicted octanol–water partition coefficient (Wildman–Crippen LogP) is 2.93. The van der Waals surface area contributed by atoms with E-state index in [-0.39, 0.29) is 11.6 Å². The van der Waals surface area contributed by atoms with Crippen molar-refractivity contribution in [1.82, 2.24) is 4.57 Å². The van der Waals surface area contributed by atoms with Gasteiger partial charge in [-0.1, -0.05) is 11.6 Å². The van der Waals surface area contributed by atoms with Gasteiger partial charge in [-0.15, -0.1) is 0 Å². The van der Waals surface area contributed by atoms with Gasteiger partial charge in [0.25, 0.3) is 0 Å². The molecule has 0 atom stereocenters. The van der Waals surface area contributed by atoms with Gasteiger partial charge in [-0.2, -0.15) is 0 Å². The molecule has 2 rings (SSSR count). The second-order valence-electron chi connectivity index (χ2n) is 4.34. The number of rotatable bonds is 2. The minimum absolute atomic E-state index is 0.0321. The molecule has 5 heteroatoms. The molecule has 0 aliphatic heterocycles. The molecule has 0 aliphatic carbocycles. The smallest absolute Gasteiger partial charge is 0.341 e. The lowest BCUT2D eigenvalue weighted by atomic mass is 10.1. The van der Waals surface area contributed by atoms with Crippen LogP contribution in [0.2, 0.25) is 5.02 Å². The predicted molar refractivity (Wildman–Crippen MR) is 70.6 cm³/mol. The Labute approximate surface area is 108 Å². The molecule has 0 unspecified atom stereocenters. The van der Waals surface area contributed by atoms with E-state index in [1.807, 2.05) is 13.8 Å². The van der Waals surface area contributed by atoms with E-state index in [1.165, 1.54) is 6.20 Å². The van der Waals surface area contributed by atoms with Crippen molar-refractivity contribution in [2.24, 2.45) is 0 Å². The quantitative estimate of drug-likeness (QED) is 0.908. The number of fused-ring (bicyclic) bond motifs is 1. The van der Waals surface area contributed by atoms with Crippen molar-refractivity contribution >= 4 is 28.5 Å². The summed E-state index contributed by atoms with van der Waals surface area (Å²) in [5.41, 5.74) is -0.0583. The SMILES string of the molecule is CC(C)n1cc(C(=O)O)c(=O)c2ccc(Cl)cc21. The van der Waals surface area contributed by atoms with Gasteiger partial charge in [0, 0.05) is 22.6 Å². The number of carbonyl (C=O) groups is 1. The maximum Gasteiger partial charge on any atom is 0.341 e. The van der Waals surface area contributed by atoms with Crippen LogP contribution >= 0.6 is 11.6 Å². The summed E-state index contributed by atoms with van der Waals surface area (Å²) in [6, 6.07) is 4.85. The highest BCUT2D eigenvalue weighted by Crippen LogP contribution is 2.20. The van der Waals surface area contributed by atoms with Crippen LogP contribution in [-0.4, -0.2) is 15.6 Å². The summed E-state index contributed by atoms with van der Waals surface area (Å²) in [6.45, 7) is 3.83. The number of halogens is 1. The third-order valence-electron chi connectivity index (χ3n) is 2.78. The van der Waals surface area contributed by atoms with Gasteiger partial charge in [-0.25, -0.2) is 4.79 Å². The molecule has 0 saturated heterocycles. The fraction of sp³-hybridized carbons (Fsp3) is 0.231. The molecular weight excluding hydrogens is 254 g/mol. The van der Waals surface area contributed by atoms with Crippen LogP contribution in [0.3, 0.4) is 0 Å². The summed E-state index contributed by atoms with van der Waals surface area (Å²) in [7, 11) is 0. The molecule has 0 radical (unpaired) electrons. The first-order chi connectivity index (χ1) is 8.41.